The Kier molecular flexibility index (Phi) is 7.11. The highest BCUT2D eigenvalue weighted by Gasteiger charge is 2.54. The molecule has 0 aromatic heterocycles. The summed E-state index contributed by atoms with van der Waals surface area (Å²) in [6, 6.07) is 16.4. The number of hydrogen-bond donors (Lipinski definition) is 1. The van der Waals surface area contributed by atoms with E-state index >= 15 is 0 Å². The zero-order valence-electron chi connectivity index (χ0n) is 26.0. The van der Waals surface area contributed by atoms with Crippen molar-refractivity contribution < 1.29 is 32.5 Å². The van der Waals surface area contributed by atoms with Crippen LogP contribution in [0.4, 0.5) is 13.2 Å². The molecule has 2 aliphatic rings. The number of thioether (sulfide) groups is 1. The van der Waals surface area contributed by atoms with Crippen molar-refractivity contribution in [3.63, 3.8) is 0 Å². The molecule has 0 atom stereocenters. The number of hydrogen-bond acceptors (Lipinski definition) is 5. The van der Waals surface area contributed by atoms with Gasteiger partial charge in [0.05, 0.1) is 21.3 Å². The van der Waals surface area contributed by atoms with Crippen LogP contribution < -0.4 is 14.2 Å². The zero-order chi connectivity index (χ0) is 31.8. The molecule has 1 saturated carbocycles. The second-order valence-corrected chi connectivity index (χ2v) is 14.8. The van der Waals surface area contributed by atoms with E-state index in [1.165, 1.54) is 0 Å². The predicted octanol–water partition coefficient (Wildman–Crippen LogP) is 10.4. The second kappa shape index (κ2) is 10.3. The van der Waals surface area contributed by atoms with Crippen LogP contribution in [-0.4, -0.2) is 31.9 Å². The van der Waals surface area contributed by atoms with Crippen LogP contribution in [0.25, 0.3) is 33.0 Å². The molecule has 232 valence electrons. The average molecular weight is 623 g/mol. The van der Waals surface area contributed by atoms with Gasteiger partial charge in [-0.05, 0) is 112 Å². The quantitative estimate of drug-likeness (QED) is 0.225. The monoisotopic (exact) mass is 622 g/mol. The van der Waals surface area contributed by atoms with E-state index in [1.54, 1.807) is 39.5 Å². The molecule has 1 fully saturated rings. The Morgan fingerprint density at radius 1 is 0.682 bits per heavy atom. The number of benzene rings is 4. The summed E-state index contributed by atoms with van der Waals surface area (Å²) in [6.45, 7) is 8.94. The summed E-state index contributed by atoms with van der Waals surface area (Å²) < 4.78 is 57.7. The van der Waals surface area contributed by atoms with E-state index < -0.39 is 10.9 Å². The summed E-state index contributed by atoms with van der Waals surface area (Å²) in [7, 11) is 4.78. The number of ether oxygens (including phenoxy) is 3. The predicted molar refractivity (Wildman–Crippen MR) is 170 cm³/mol. The Morgan fingerprint density at radius 2 is 1.32 bits per heavy atom. The number of phenolic OH excluding ortho intramolecular Hbond substituents is 1. The highest BCUT2D eigenvalue weighted by Crippen LogP contribution is 2.65. The largest absolute Gasteiger partial charge is 0.507 e. The number of alkyl halides is 3. The molecule has 0 heterocycles. The maximum Gasteiger partial charge on any atom is 0.446 e. The Bertz CT molecular complexity index is 1780. The Balaban J connectivity index is 1.66. The first-order valence-electron chi connectivity index (χ1n) is 14.6. The van der Waals surface area contributed by atoms with E-state index in [9.17, 15) is 18.3 Å². The maximum absolute atomic E-state index is 13.6. The number of fused-ring (bicyclic) bond motifs is 7. The lowest BCUT2D eigenvalue weighted by Gasteiger charge is -2.51. The third kappa shape index (κ3) is 5.05. The molecule has 4 aromatic carbocycles. The fraction of sp³-hybridized carbons (Fsp3) is 0.389. The number of aromatic hydroxyl groups is 1. The molecule has 4 aromatic rings. The van der Waals surface area contributed by atoms with Crippen LogP contribution in [0.3, 0.4) is 0 Å². The Morgan fingerprint density at radius 3 is 1.93 bits per heavy atom. The summed E-state index contributed by atoms with van der Waals surface area (Å²) >= 11 is -0.0791. The topological polar surface area (TPSA) is 47.9 Å². The molecule has 4 nitrogen and oxygen atoms in total. The first-order chi connectivity index (χ1) is 20.6. The van der Waals surface area contributed by atoms with Gasteiger partial charge in [-0.3, -0.25) is 0 Å². The fourth-order valence-electron chi connectivity index (χ4n) is 8.48. The van der Waals surface area contributed by atoms with Crippen LogP contribution in [0.15, 0.2) is 59.5 Å². The SMILES string of the molecule is COc1ccc(-c2cc3c(O)cc4c(c3cc2OC)-c2ccc(SC(F)(F)F)cc2C42CC(C)(C)CC(C)(C)C2)c(OC)c1. The van der Waals surface area contributed by atoms with Gasteiger partial charge in [-0.15, -0.1) is 0 Å². The standard InChI is InChI=1S/C36H37F3O4S/c1-33(2)17-34(3,4)19-35(18-33)27-13-21(44-36(37,38)39)9-11-23(27)32-26-15-31(43-7)25(14-24(26)29(40)16-28(32)35)22-10-8-20(41-5)12-30(22)42-6/h8-16,40H,17-19H2,1-7H3. The van der Waals surface area contributed by atoms with Crippen molar-refractivity contribution in [2.24, 2.45) is 10.8 Å². The van der Waals surface area contributed by atoms with Gasteiger partial charge in [-0.25, -0.2) is 0 Å². The Labute approximate surface area is 260 Å². The average Bonchev–Trinajstić information content (AvgIpc) is 3.16. The van der Waals surface area contributed by atoms with Gasteiger partial charge in [-0.2, -0.15) is 13.2 Å². The van der Waals surface area contributed by atoms with Crippen molar-refractivity contribution >= 4 is 22.5 Å². The van der Waals surface area contributed by atoms with Gasteiger partial charge in [0, 0.05) is 32.9 Å². The van der Waals surface area contributed by atoms with Crippen molar-refractivity contribution in [2.45, 2.75) is 62.8 Å². The van der Waals surface area contributed by atoms with Gasteiger partial charge >= 0.3 is 5.51 Å². The molecule has 0 amide bonds. The lowest BCUT2D eigenvalue weighted by Crippen LogP contribution is -2.43. The Hall–Kier alpha value is -3.52. The molecule has 0 bridgehead atoms. The summed E-state index contributed by atoms with van der Waals surface area (Å²) in [5.41, 5.74) is 0.102. The first kappa shape index (κ1) is 30.5. The molecular weight excluding hydrogens is 585 g/mol. The summed E-state index contributed by atoms with van der Waals surface area (Å²) in [5, 5.41) is 13.1. The van der Waals surface area contributed by atoms with Crippen LogP contribution in [0, 0.1) is 10.8 Å². The van der Waals surface area contributed by atoms with E-state index in [-0.39, 0.29) is 33.2 Å². The third-order valence-corrected chi connectivity index (χ3v) is 9.90. The summed E-state index contributed by atoms with van der Waals surface area (Å²) in [6.07, 6.45) is 2.50. The number of rotatable bonds is 5. The molecule has 0 aliphatic heterocycles. The molecule has 0 unspecified atom stereocenters. The van der Waals surface area contributed by atoms with Crippen LogP contribution in [0.2, 0.25) is 0 Å². The second-order valence-electron chi connectivity index (χ2n) is 13.7. The highest BCUT2D eigenvalue weighted by molar-refractivity contribution is 8.00. The molecule has 1 N–H and O–H groups in total. The minimum atomic E-state index is -4.39. The zero-order valence-corrected chi connectivity index (χ0v) is 26.8. The summed E-state index contributed by atoms with van der Waals surface area (Å²) in [5.74, 6) is 1.95. The molecule has 44 heavy (non-hydrogen) atoms. The summed E-state index contributed by atoms with van der Waals surface area (Å²) in [4.78, 5) is 0.171. The molecule has 2 aliphatic carbocycles. The number of methoxy groups -OCH3 is 3. The third-order valence-electron chi connectivity index (χ3n) is 9.18. The van der Waals surface area contributed by atoms with E-state index in [2.05, 4.69) is 27.7 Å². The minimum Gasteiger partial charge on any atom is -0.507 e. The molecule has 1 spiro atoms. The van der Waals surface area contributed by atoms with Crippen molar-refractivity contribution in [1.29, 1.82) is 0 Å². The van der Waals surface area contributed by atoms with E-state index in [0.29, 0.717) is 22.6 Å². The van der Waals surface area contributed by atoms with Crippen LogP contribution in [0.1, 0.15) is 58.1 Å². The van der Waals surface area contributed by atoms with Crippen LogP contribution in [0.5, 0.6) is 23.0 Å². The molecule has 6 rings (SSSR count). The smallest absolute Gasteiger partial charge is 0.446 e. The van der Waals surface area contributed by atoms with Gasteiger partial charge in [-0.1, -0.05) is 33.8 Å². The van der Waals surface area contributed by atoms with Crippen molar-refractivity contribution in [3.05, 3.63) is 65.7 Å². The molecular formula is C36H37F3O4S. The van der Waals surface area contributed by atoms with Gasteiger partial charge in [0.1, 0.15) is 23.0 Å². The normalized spacial score (nSPS) is 17.8. The highest BCUT2D eigenvalue weighted by atomic mass is 32.2. The van der Waals surface area contributed by atoms with E-state index in [4.69, 9.17) is 14.2 Å². The molecule has 0 radical (unpaired) electrons. The van der Waals surface area contributed by atoms with Crippen molar-refractivity contribution in [3.8, 4) is 45.3 Å². The molecule has 0 saturated heterocycles. The maximum atomic E-state index is 13.6. The van der Waals surface area contributed by atoms with Crippen molar-refractivity contribution in [1.82, 2.24) is 0 Å². The van der Waals surface area contributed by atoms with Crippen LogP contribution >= 0.6 is 11.8 Å². The van der Waals surface area contributed by atoms with Gasteiger partial charge in [0.15, 0.2) is 0 Å². The fourth-order valence-corrected chi connectivity index (χ4v) is 9.06. The first-order valence-corrected chi connectivity index (χ1v) is 15.4. The van der Waals surface area contributed by atoms with E-state index in [0.717, 1.165) is 58.0 Å². The van der Waals surface area contributed by atoms with Gasteiger partial charge < -0.3 is 19.3 Å². The number of phenols is 1. The lowest BCUT2D eigenvalue weighted by atomic mass is 9.52. The minimum absolute atomic E-state index is 0.0785. The lowest BCUT2D eigenvalue weighted by molar-refractivity contribution is -0.0328. The number of halogens is 3. The molecule has 8 heteroatoms. The van der Waals surface area contributed by atoms with Gasteiger partial charge in [0.2, 0.25) is 0 Å². The van der Waals surface area contributed by atoms with Crippen LogP contribution in [-0.2, 0) is 5.41 Å². The van der Waals surface area contributed by atoms with Crippen molar-refractivity contribution in [2.75, 3.05) is 21.3 Å². The van der Waals surface area contributed by atoms with E-state index in [1.807, 2.05) is 36.4 Å². The van der Waals surface area contributed by atoms with Gasteiger partial charge in [0.25, 0.3) is 0 Å².